The molecule has 6 nitrogen and oxygen atoms in total. The summed E-state index contributed by atoms with van der Waals surface area (Å²) in [7, 11) is -3.72. The Labute approximate surface area is 124 Å². The molecular formula is C14H21NO5S. The van der Waals surface area contributed by atoms with Crippen LogP contribution in [0.4, 0.5) is 0 Å². The summed E-state index contributed by atoms with van der Waals surface area (Å²) >= 11 is 0. The van der Waals surface area contributed by atoms with Gasteiger partial charge in [0.1, 0.15) is 0 Å². The Morgan fingerprint density at radius 2 is 1.86 bits per heavy atom. The van der Waals surface area contributed by atoms with Crippen LogP contribution in [-0.2, 0) is 21.2 Å². The van der Waals surface area contributed by atoms with Crippen LogP contribution >= 0.6 is 0 Å². The van der Waals surface area contributed by atoms with E-state index < -0.39 is 16.0 Å². The van der Waals surface area contributed by atoms with Gasteiger partial charge in [0.05, 0.1) is 11.3 Å². The van der Waals surface area contributed by atoms with Crippen molar-refractivity contribution < 1.29 is 23.4 Å². The number of sulfonamides is 1. The zero-order chi connectivity index (χ0) is 16.2. The van der Waals surface area contributed by atoms with Gasteiger partial charge in [0.15, 0.2) is 0 Å². The summed E-state index contributed by atoms with van der Waals surface area (Å²) in [5.41, 5.74) is 2.33. The number of carbonyl (C=O) groups is 1. The number of aliphatic hydroxyl groups is 1. The number of carboxylic acid groups (broad SMARTS) is 1. The van der Waals surface area contributed by atoms with Crippen LogP contribution in [0.5, 0.6) is 0 Å². The maximum atomic E-state index is 12.4. The van der Waals surface area contributed by atoms with E-state index in [1.165, 1.54) is 0 Å². The van der Waals surface area contributed by atoms with Gasteiger partial charge >= 0.3 is 5.97 Å². The molecule has 7 heteroatoms. The van der Waals surface area contributed by atoms with Gasteiger partial charge in [-0.3, -0.25) is 4.79 Å². The van der Waals surface area contributed by atoms with E-state index in [2.05, 4.69) is 4.72 Å². The van der Waals surface area contributed by atoms with Gasteiger partial charge in [-0.25, -0.2) is 13.1 Å². The molecule has 0 bridgehead atoms. The Balaban J connectivity index is 3.32. The maximum absolute atomic E-state index is 12.4. The minimum atomic E-state index is -3.72. The van der Waals surface area contributed by atoms with Crippen molar-refractivity contribution in [1.29, 1.82) is 0 Å². The highest BCUT2D eigenvalue weighted by molar-refractivity contribution is 7.89. The number of hydrogen-bond acceptors (Lipinski definition) is 4. The SMILES string of the molecule is Cc1cc(C)c(S(=O)(=O)NCCCO)c(C)c1CC(=O)O. The Morgan fingerprint density at radius 1 is 1.24 bits per heavy atom. The molecule has 0 amide bonds. The maximum Gasteiger partial charge on any atom is 0.307 e. The van der Waals surface area contributed by atoms with E-state index in [1.54, 1.807) is 26.8 Å². The molecule has 0 aliphatic carbocycles. The summed E-state index contributed by atoms with van der Waals surface area (Å²) in [5, 5.41) is 17.7. The number of hydrogen-bond donors (Lipinski definition) is 3. The lowest BCUT2D eigenvalue weighted by Crippen LogP contribution is -2.27. The topological polar surface area (TPSA) is 104 Å². The van der Waals surface area contributed by atoms with Crippen molar-refractivity contribution in [3.8, 4) is 0 Å². The Hall–Kier alpha value is -1.44. The van der Waals surface area contributed by atoms with Gasteiger partial charge in [0, 0.05) is 13.2 Å². The first kappa shape index (κ1) is 17.6. The molecule has 0 saturated heterocycles. The molecule has 1 rings (SSSR count). The molecule has 0 heterocycles. The van der Waals surface area contributed by atoms with E-state index in [-0.39, 0.29) is 24.5 Å². The van der Waals surface area contributed by atoms with Crippen LogP contribution in [-0.4, -0.2) is 37.8 Å². The molecule has 3 N–H and O–H groups in total. The molecule has 1 aromatic carbocycles. The molecule has 0 atom stereocenters. The number of aryl methyl sites for hydroxylation is 2. The first-order valence-corrected chi connectivity index (χ1v) is 8.11. The van der Waals surface area contributed by atoms with Crippen molar-refractivity contribution in [2.24, 2.45) is 0 Å². The molecule has 1 aromatic rings. The minimum Gasteiger partial charge on any atom is -0.481 e. The highest BCUT2D eigenvalue weighted by Crippen LogP contribution is 2.26. The summed E-state index contributed by atoms with van der Waals surface area (Å²) in [5.74, 6) is -0.998. The lowest BCUT2D eigenvalue weighted by Gasteiger charge is -2.17. The molecule has 0 aromatic heterocycles. The summed E-state index contributed by atoms with van der Waals surface area (Å²) in [6, 6.07) is 1.69. The zero-order valence-corrected chi connectivity index (χ0v) is 13.2. The van der Waals surface area contributed by atoms with E-state index in [0.717, 1.165) is 5.56 Å². The lowest BCUT2D eigenvalue weighted by atomic mass is 9.97. The van der Waals surface area contributed by atoms with Crippen LogP contribution in [0.15, 0.2) is 11.0 Å². The van der Waals surface area contributed by atoms with Crippen molar-refractivity contribution in [1.82, 2.24) is 4.72 Å². The average molecular weight is 315 g/mol. The van der Waals surface area contributed by atoms with Gasteiger partial charge in [-0.05, 0) is 49.4 Å². The third-order valence-corrected chi connectivity index (χ3v) is 5.03. The minimum absolute atomic E-state index is 0.0986. The highest BCUT2D eigenvalue weighted by Gasteiger charge is 2.23. The third kappa shape index (κ3) is 4.26. The third-order valence-electron chi connectivity index (χ3n) is 3.28. The van der Waals surface area contributed by atoms with Gasteiger partial charge < -0.3 is 10.2 Å². The van der Waals surface area contributed by atoms with Crippen LogP contribution in [0.2, 0.25) is 0 Å². The molecule has 118 valence electrons. The average Bonchev–Trinajstić information content (AvgIpc) is 2.33. The van der Waals surface area contributed by atoms with Gasteiger partial charge in [-0.15, -0.1) is 0 Å². The van der Waals surface area contributed by atoms with Crippen molar-refractivity contribution >= 4 is 16.0 Å². The Kier molecular flexibility index (Phi) is 5.88. The second-order valence-electron chi connectivity index (χ2n) is 4.99. The van der Waals surface area contributed by atoms with Gasteiger partial charge in [0.25, 0.3) is 0 Å². The number of rotatable bonds is 7. The number of nitrogens with one attached hydrogen (secondary N) is 1. The largest absolute Gasteiger partial charge is 0.481 e. The predicted molar refractivity (Wildman–Crippen MR) is 78.9 cm³/mol. The van der Waals surface area contributed by atoms with Crippen molar-refractivity contribution in [3.63, 3.8) is 0 Å². The monoisotopic (exact) mass is 315 g/mol. The molecule has 0 fully saturated rings. The molecule has 0 aliphatic heterocycles. The first-order chi connectivity index (χ1) is 9.70. The molecule has 0 radical (unpaired) electrons. The summed E-state index contributed by atoms with van der Waals surface area (Å²) in [6.07, 6.45) is 0.113. The fourth-order valence-corrected chi connectivity index (χ4v) is 3.97. The van der Waals surface area contributed by atoms with E-state index >= 15 is 0 Å². The number of aliphatic carboxylic acids is 1. The summed E-state index contributed by atoms with van der Waals surface area (Å²) < 4.78 is 27.1. The summed E-state index contributed by atoms with van der Waals surface area (Å²) in [4.78, 5) is 11.1. The Bertz CT molecular complexity index is 637. The normalized spacial score (nSPS) is 11.6. The van der Waals surface area contributed by atoms with Crippen LogP contribution < -0.4 is 4.72 Å². The quantitative estimate of drug-likeness (QED) is 0.649. The van der Waals surface area contributed by atoms with E-state index in [0.29, 0.717) is 23.1 Å². The lowest BCUT2D eigenvalue weighted by molar-refractivity contribution is -0.136. The predicted octanol–water partition coefficient (Wildman–Crippen LogP) is 0.900. The standard InChI is InChI=1S/C14H21NO5S/c1-9-7-10(2)14(11(3)12(9)8-13(17)18)21(19,20)15-5-4-6-16/h7,15-16H,4-6,8H2,1-3H3,(H,17,18). The van der Waals surface area contributed by atoms with Crippen LogP contribution in [0.25, 0.3) is 0 Å². The summed E-state index contributed by atoms with van der Waals surface area (Å²) in [6.45, 7) is 5.12. The van der Waals surface area contributed by atoms with Crippen molar-refractivity contribution in [2.45, 2.75) is 38.5 Å². The molecule has 0 saturated carbocycles. The van der Waals surface area contributed by atoms with E-state index in [4.69, 9.17) is 10.2 Å². The zero-order valence-electron chi connectivity index (χ0n) is 12.4. The van der Waals surface area contributed by atoms with Gasteiger partial charge in [-0.1, -0.05) is 6.07 Å². The van der Waals surface area contributed by atoms with Gasteiger partial charge in [0.2, 0.25) is 10.0 Å². The first-order valence-electron chi connectivity index (χ1n) is 6.62. The van der Waals surface area contributed by atoms with Crippen molar-refractivity contribution in [3.05, 3.63) is 28.3 Å². The molecule has 21 heavy (non-hydrogen) atoms. The van der Waals surface area contributed by atoms with Crippen molar-refractivity contribution in [2.75, 3.05) is 13.2 Å². The van der Waals surface area contributed by atoms with E-state index in [9.17, 15) is 13.2 Å². The Morgan fingerprint density at radius 3 is 2.38 bits per heavy atom. The van der Waals surface area contributed by atoms with Crippen LogP contribution in [0, 0.1) is 20.8 Å². The molecule has 0 unspecified atom stereocenters. The fraction of sp³-hybridized carbons (Fsp3) is 0.500. The van der Waals surface area contributed by atoms with Gasteiger partial charge in [-0.2, -0.15) is 0 Å². The second-order valence-corrected chi connectivity index (χ2v) is 6.69. The number of carboxylic acids is 1. The van der Waals surface area contributed by atoms with E-state index in [1.807, 2.05) is 0 Å². The van der Waals surface area contributed by atoms with Crippen LogP contribution in [0.1, 0.15) is 28.7 Å². The van der Waals surface area contributed by atoms with Crippen LogP contribution in [0.3, 0.4) is 0 Å². The smallest absolute Gasteiger partial charge is 0.307 e. The number of aliphatic hydroxyl groups excluding tert-OH is 1. The molecular weight excluding hydrogens is 294 g/mol. The highest BCUT2D eigenvalue weighted by atomic mass is 32.2. The molecule has 0 aliphatic rings. The molecule has 0 spiro atoms. The fourth-order valence-electron chi connectivity index (χ4n) is 2.40. The second kappa shape index (κ2) is 7.02. The number of benzene rings is 1.